The monoisotopic (exact) mass is 308 g/mol. The van der Waals surface area contributed by atoms with Crippen LogP contribution in [-0.2, 0) is 9.47 Å². The zero-order chi connectivity index (χ0) is 15.0. The maximum atomic E-state index is 9.19. The van der Waals surface area contributed by atoms with Gasteiger partial charge in [0.1, 0.15) is 18.5 Å². The van der Waals surface area contributed by atoms with Crippen molar-refractivity contribution in [3.05, 3.63) is 24.3 Å². The van der Waals surface area contributed by atoms with Crippen molar-refractivity contribution in [2.75, 3.05) is 13.2 Å². The molecule has 1 aliphatic heterocycles. The largest absolute Gasteiger partial charge is 0.499 e. The molecule has 2 heterocycles. The Hall–Kier alpha value is -1.12. The van der Waals surface area contributed by atoms with Crippen LogP contribution in [-0.4, -0.2) is 42.3 Å². The molecule has 1 atom stereocenters. The number of hydrogen-bond acceptors (Lipinski definition) is 6. The van der Waals surface area contributed by atoms with Crippen LogP contribution in [0.3, 0.4) is 0 Å². The van der Waals surface area contributed by atoms with Gasteiger partial charge in [-0.15, -0.1) is 11.3 Å². The van der Waals surface area contributed by atoms with Crippen LogP contribution in [0.4, 0.5) is 0 Å². The van der Waals surface area contributed by atoms with Crippen LogP contribution >= 0.6 is 11.3 Å². The molecule has 1 unspecified atom stereocenters. The highest BCUT2D eigenvalue weighted by Crippen LogP contribution is 2.26. The summed E-state index contributed by atoms with van der Waals surface area (Å²) in [7, 11) is -1.43. The summed E-state index contributed by atoms with van der Waals surface area (Å²) in [5.74, 6) is 0.189. The molecule has 2 aromatic rings. The maximum Gasteiger partial charge on any atom is 0.499 e. The van der Waals surface area contributed by atoms with Crippen molar-refractivity contribution < 1.29 is 24.3 Å². The Kier molecular flexibility index (Phi) is 3.94. The first kappa shape index (κ1) is 14.8. The lowest BCUT2D eigenvalue weighted by molar-refractivity contribution is -0.141. The topological polar surface area (TPSA) is 68.2 Å². The summed E-state index contributed by atoms with van der Waals surface area (Å²) in [6.07, 6.45) is -0.0751. The minimum Gasteiger partial charge on any atom is -0.491 e. The van der Waals surface area contributed by atoms with Gasteiger partial charge in [0.15, 0.2) is 5.79 Å². The standard InChI is InChI=1S/C14H17BO5S/c1-14(2)19-8-11(20-14)7-18-10-4-3-9-5-13(15(16)17)21-12(9)6-10/h3-6,11,16-17H,7-8H2,1-2H3. The van der Waals surface area contributed by atoms with E-state index >= 15 is 0 Å². The van der Waals surface area contributed by atoms with E-state index in [-0.39, 0.29) is 6.10 Å². The molecule has 7 heteroatoms. The average molecular weight is 308 g/mol. The number of rotatable bonds is 4. The second kappa shape index (κ2) is 5.59. The smallest absolute Gasteiger partial charge is 0.491 e. The van der Waals surface area contributed by atoms with E-state index in [1.165, 1.54) is 11.3 Å². The third kappa shape index (κ3) is 3.38. The first-order valence-electron chi connectivity index (χ1n) is 6.77. The Morgan fingerprint density at radius 2 is 2.19 bits per heavy atom. The van der Waals surface area contributed by atoms with Gasteiger partial charge in [-0.25, -0.2) is 0 Å². The lowest BCUT2D eigenvalue weighted by Gasteiger charge is -2.17. The van der Waals surface area contributed by atoms with E-state index in [1.54, 1.807) is 6.07 Å². The number of hydrogen-bond donors (Lipinski definition) is 2. The molecule has 1 aliphatic rings. The SMILES string of the molecule is CC1(C)OCC(COc2ccc3cc(B(O)O)sc3c2)O1. The summed E-state index contributed by atoms with van der Waals surface area (Å²) in [5, 5.41) is 19.4. The van der Waals surface area contributed by atoms with Gasteiger partial charge in [0.2, 0.25) is 0 Å². The van der Waals surface area contributed by atoms with Gasteiger partial charge in [-0.1, -0.05) is 0 Å². The Morgan fingerprint density at radius 3 is 2.86 bits per heavy atom. The molecule has 1 aromatic heterocycles. The predicted molar refractivity (Wildman–Crippen MR) is 82.0 cm³/mol. The lowest BCUT2D eigenvalue weighted by Crippen LogP contribution is -2.26. The van der Waals surface area contributed by atoms with Gasteiger partial charge in [0, 0.05) is 9.48 Å². The average Bonchev–Trinajstić information content (AvgIpc) is 2.99. The second-order valence-corrected chi connectivity index (χ2v) is 6.60. The number of ether oxygens (including phenoxy) is 3. The summed E-state index contributed by atoms with van der Waals surface area (Å²) in [4.78, 5) is 0. The highest BCUT2D eigenvalue weighted by atomic mass is 32.1. The van der Waals surface area contributed by atoms with Gasteiger partial charge >= 0.3 is 7.12 Å². The summed E-state index contributed by atoms with van der Waals surface area (Å²) in [6, 6.07) is 7.43. The van der Waals surface area contributed by atoms with Crippen LogP contribution in [0.15, 0.2) is 24.3 Å². The molecule has 1 fully saturated rings. The Labute approximate surface area is 127 Å². The van der Waals surface area contributed by atoms with E-state index in [2.05, 4.69) is 0 Å². The molecule has 21 heavy (non-hydrogen) atoms. The molecule has 0 radical (unpaired) electrons. The summed E-state index contributed by atoms with van der Waals surface area (Å²) in [5.41, 5.74) is 0. The first-order chi connectivity index (χ1) is 9.93. The fourth-order valence-corrected chi connectivity index (χ4v) is 3.25. The van der Waals surface area contributed by atoms with Gasteiger partial charge in [-0.05, 0) is 43.5 Å². The van der Waals surface area contributed by atoms with E-state index in [0.717, 1.165) is 15.8 Å². The zero-order valence-corrected chi connectivity index (χ0v) is 12.7. The number of thiophene rings is 1. The normalized spacial score (nSPS) is 20.9. The third-order valence-electron chi connectivity index (χ3n) is 3.27. The quantitative estimate of drug-likeness (QED) is 0.828. The van der Waals surface area contributed by atoms with E-state index in [4.69, 9.17) is 14.2 Å². The Balaban J connectivity index is 1.67. The van der Waals surface area contributed by atoms with Gasteiger partial charge in [-0.3, -0.25) is 0 Å². The summed E-state index contributed by atoms with van der Waals surface area (Å²) in [6.45, 7) is 4.71. The van der Waals surface area contributed by atoms with Crippen LogP contribution < -0.4 is 9.51 Å². The minimum absolute atomic E-state index is 0.0751. The molecule has 5 nitrogen and oxygen atoms in total. The molecule has 112 valence electrons. The molecule has 1 aromatic carbocycles. The van der Waals surface area contributed by atoms with E-state index in [9.17, 15) is 10.0 Å². The van der Waals surface area contributed by atoms with E-state index in [0.29, 0.717) is 18.0 Å². The van der Waals surface area contributed by atoms with Crippen molar-refractivity contribution in [2.45, 2.75) is 25.7 Å². The van der Waals surface area contributed by atoms with Crippen molar-refractivity contribution in [1.82, 2.24) is 0 Å². The van der Waals surface area contributed by atoms with Crippen molar-refractivity contribution in [3.63, 3.8) is 0 Å². The van der Waals surface area contributed by atoms with Crippen molar-refractivity contribution in [2.24, 2.45) is 0 Å². The van der Waals surface area contributed by atoms with Gasteiger partial charge < -0.3 is 24.3 Å². The predicted octanol–water partition coefficient (Wildman–Crippen LogP) is 1.11. The third-order valence-corrected chi connectivity index (χ3v) is 4.41. The summed E-state index contributed by atoms with van der Waals surface area (Å²) >= 11 is 1.34. The molecular formula is C14H17BO5S. The van der Waals surface area contributed by atoms with Gasteiger partial charge in [-0.2, -0.15) is 0 Å². The van der Waals surface area contributed by atoms with Crippen LogP contribution in [0, 0.1) is 0 Å². The Bertz CT molecular complexity index is 639. The molecule has 0 amide bonds. The molecule has 1 saturated heterocycles. The molecule has 0 bridgehead atoms. The highest BCUT2D eigenvalue weighted by Gasteiger charge is 2.32. The van der Waals surface area contributed by atoms with Gasteiger partial charge in [0.25, 0.3) is 0 Å². The van der Waals surface area contributed by atoms with Crippen molar-refractivity contribution in [3.8, 4) is 5.75 Å². The van der Waals surface area contributed by atoms with E-state index < -0.39 is 12.9 Å². The van der Waals surface area contributed by atoms with Crippen molar-refractivity contribution >= 4 is 33.3 Å². The molecule has 3 rings (SSSR count). The van der Waals surface area contributed by atoms with Crippen molar-refractivity contribution in [1.29, 1.82) is 0 Å². The van der Waals surface area contributed by atoms with Crippen LogP contribution in [0.25, 0.3) is 10.1 Å². The number of benzene rings is 1. The molecule has 0 saturated carbocycles. The maximum absolute atomic E-state index is 9.19. The summed E-state index contributed by atoms with van der Waals surface area (Å²) < 4.78 is 18.4. The molecule has 2 N–H and O–H groups in total. The molecule has 0 spiro atoms. The first-order valence-corrected chi connectivity index (χ1v) is 7.59. The molecular weight excluding hydrogens is 291 g/mol. The molecule has 0 aliphatic carbocycles. The second-order valence-electron chi connectivity index (χ2n) is 5.48. The highest BCUT2D eigenvalue weighted by molar-refractivity contribution is 7.27. The Morgan fingerprint density at radius 1 is 1.38 bits per heavy atom. The zero-order valence-electron chi connectivity index (χ0n) is 11.9. The van der Waals surface area contributed by atoms with E-state index in [1.807, 2.05) is 32.0 Å². The number of fused-ring (bicyclic) bond motifs is 1. The van der Waals surface area contributed by atoms with Crippen LogP contribution in [0.5, 0.6) is 5.75 Å². The fourth-order valence-electron chi connectivity index (χ4n) is 2.28. The van der Waals surface area contributed by atoms with Crippen LogP contribution in [0.2, 0.25) is 0 Å². The lowest BCUT2D eigenvalue weighted by atomic mass is 9.89. The fraction of sp³-hybridized carbons (Fsp3) is 0.429. The van der Waals surface area contributed by atoms with Gasteiger partial charge in [0.05, 0.1) is 6.61 Å². The van der Waals surface area contributed by atoms with Crippen LogP contribution in [0.1, 0.15) is 13.8 Å². The minimum atomic E-state index is -1.43.